The number of nitrogens with zero attached hydrogens (tertiary/aromatic N) is 1. The van der Waals surface area contributed by atoms with Crippen molar-refractivity contribution < 1.29 is 4.74 Å². The van der Waals surface area contributed by atoms with Gasteiger partial charge in [-0.25, -0.2) is 0 Å². The van der Waals surface area contributed by atoms with Gasteiger partial charge in [-0.05, 0) is 38.0 Å². The Bertz CT molecular complexity index is 284. The van der Waals surface area contributed by atoms with Crippen molar-refractivity contribution in [2.75, 3.05) is 32.8 Å². The van der Waals surface area contributed by atoms with Crippen LogP contribution in [-0.2, 0) is 4.74 Å². The van der Waals surface area contributed by atoms with Crippen molar-refractivity contribution in [2.24, 2.45) is 5.92 Å². The minimum absolute atomic E-state index is 0.473. The highest BCUT2D eigenvalue weighted by Crippen LogP contribution is 2.40. The molecule has 0 amide bonds. The third-order valence-corrected chi connectivity index (χ3v) is 5.36. The molecule has 3 fully saturated rings. The van der Waals surface area contributed by atoms with E-state index in [1.54, 1.807) is 0 Å². The number of ether oxygens (including phenoxy) is 1. The number of rotatable bonds is 6. The van der Waals surface area contributed by atoms with E-state index in [-0.39, 0.29) is 0 Å². The second kappa shape index (κ2) is 6.11. The fourth-order valence-electron chi connectivity index (χ4n) is 4.02. The molecule has 3 nitrogen and oxygen atoms in total. The fourth-order valence-corrected chi connectivity index (χ4v) is 4.02. The molecule has 0 aromatic carbocycles. The summed E-state index contributed by atoms with van der Waals surface area (Å²) in [6.07, 6.45) is 9.66. The number of nitrogens with one attached hydrogen (secondary N) is 1. The van der Waals surface area contributed by atoms with E-state index < -0.39 is 0 Å². The standard InChI is InChI=1S/C16H30N2O/c1-2-10-19-11-9-18-12-15(14-5-6-14)17-13-16(18)7-3-4-8-16/h14-15,17H,2-13H2,1H3. The van der Waals surface area contributed by atoms with Crippen LogP contribution in [-0.4, -0.2) is 49.3 Å². The van der Waals surface area contributed by atoms with Crippen molar-refractivity contribution in [3.05, 3.63) is 0 Å². The molecule has 1 atom stereocenters. The molecule has 3 heteroatoms. The van der Waals surface area contributed by atoms with Crippen molar-refractivity contribution in [2.45, 2.75) is 63.5 Å². The average molecular weight is 266 g/mol. The molecule has 1 heterocycles. The number of hydrogen-bond donors (Lipinski definition) is 1. The number of piperazine rings is 1. The predicted octanol–water partition coefficient (Wildman–Crippen LogP) is 2.41. The summed E-state index contributed by atoms with van der Waals surface area (Å²) in [5, 5.41) is 3.86. The third-order valence-electron chi connectivity index (χ3n) is 5.36. The van der Waals surface area contributed by atoms with Crippen LogP contribution in [0.5, 0.6) is 0 Å². The van der Waals surface area contributed by atoms with Gasteiger partial charge < -0.3 is 10.1 Å². The highest BCUT2D eigenvalue weighted by Gasteiger charge is 2.46. The maximum Gasteiger partial charge on any atom is 0.0593 e. The van der Waals surface area contributed by atoms with Gasteiger partial charge in [-0.15, -0.1) is 0 Å². The van der Waals surface area contributed by atoms with Crippen LogP contribution in [0.4, 0.5) is 0 Å². The fraction of sp³-hybridized carbons (Fsp3) is 1.00. The Hall–Kier alpha value is -0.120. The molecule has 19 heavy (non-hydrogen) atoms. The molecule has 1 saturated heterocycles. The Kier molecular flexibility index (Phi) is 4.45. The van der Waals surface area contributed by atoms with Crippen LogP contribution >= 0.6 is 0 Å². The summed E-state index contributed by atoms with van der Waals surface area (Å²) in [6.45, 7) is 7.66. The lowest BCUT2D eigenvalue weighted by atomic mass is 9.90. The zero-order valence-electron chi connectivity index (χ0n) is 12.5. The highest BCUT2D eigenvalue weighted by atomic mass is 16.5. The minimum Gasteiger partial charge on any atom is -0.380 e. The quantitative estimate of drug-likeness (QED) is 0.747. The molecule has 2 saturated carbocycles. The molecule has 3 rings (SSSR count). The van der Waals surface area contributed by atoms with Gasteiger partial charge in [0.2, 0.25) is 0 Å². The summed E-state index contributed by atoms with van der Waals surface area (Å²) >= 11 is 0. The molecule has 0 bridgehead atoms. The molecule has 2 aliphatic carbocycles. The van der Waals surface area contributed by atoms with Gasteiger partial charge in [-0.3, -0.25) is 4.90 Å². The Balaban J connectivity index is 1.56. The molecule has 1 unspecified atom stereocenters. The summed E-state index contributed by atoms with van der Waals surface area (Å²) in [4.78, 5) is 2.79. The molecule has 1 N–H and O–H groups in total. The SMILES string of the molecule is CCCOCCN1CC(C2CC2)NCC12CCCC2. The van der Waals surface area contributed by atoms with Crippen LogP contribution in [0.15, 0.2) is 0 Å². The van der Waals surface area contributed by atoms with Crippen molar-refractivity contribution in [1.29, 1.82) is 0 Å². The van der Waals surface area contributed by atoms with E-state index in [1.807, 2.05) is 0 Å². The number of hydrogen-bond acceptors (Lipinski definition) is 3. The highest BCUT2D eigenvalue weighted by molar-refractivity contribution is 5.04. The lowest BCUT2D eigenvalue weighted by molar-refractivity contribution is 0.00970. The first kappa shape index (κ1) is 13.8. The molecular weight excluding hydrogens is 236 g/mol. The molecule has 3 aliphatic rings. The normalized spacial score (nSPS) is 31.1. The van der Waals surface area contributed by atoms with Gasteiger partial charge in [0.05, 0.1) is 6.61 Å². The van der Waals surface area contributed by atoms with Crippen LogP contribution in [0, 0.1) is 5.92 Å². The monoisotopic (exact) mass is 266 g/mol. The molecule has 0 aromatic rings. The Morgan fingerprint density at radius 2 is 2.00 bits per heavy atom. The van der Waals surface area contributed by atoms with Gasteiger partial charge in [0.1, 0.15) is 0 Å². The first-order valence-corrected chi connectivity index (χ1v) is 8.40. The van der Waals surface area contributed by atoms with Gasteiger partial charge in [-0.2, -0.15) is 0 Å². The zero-order valence-corrected chi connectivity index (χ0v) is 12.5. The smallest absolute Gasteiger partial charge is 0.0593 e. The predicted molar refractivity (Wildman–Crippen MR) is 78.4 cm³/mol. The first-order chi connectivity index (χ1) is 9.34. The van der Waals surface area contributed by atoms with Crippen molar-refractivity contribution in [1.82, 2.24) is 10.2 Å². The van der Waals surface area contributed by atoms with Crippen LogP contribution in [0.2, 0.25) is 0 Å². The van der Waals surface area contributed by atoms with E-state index in [9.17, 15) is 0 Å². The maximum absolute atomic E-state index is 5.74. The largest absolute Gasteiger partial charge is 0.380 e. The van der Waals surface area contributed by atoms with Crippen LogP contribution in [0.3, 0.4) is 0 Å². The lowest BCUT2D eigenvalue weighted by Gasteiger charge is -2.48. The van der Waals surface area contributed by atoms with E-state index >= 15 is 0 Å². The first-order valence-electron chi connectivity index (χ1n) is 8.40. The van der Waals surface area contributed by atoms with Gasteiger partial charge >= 0.3 is 0 Å². The molecule has 110 valence electrons. The van der Waals surface area contributed by atoms with Crippen molar-refractivity contribution >= 4 is 0 Å². The molecule has 1 spiro atoms. The maximum atomic E-state index is 5.74. The van der Waals surface area contributed by atoms with Gasteiger partial charge in [0, 0.05) is 37.8 Å². The van der Waals surface area contributed by atoms with E-state index in [0.29, 0.717) is 5.54 Å². The van der Waals surface area contributed by atoms with Crippen molar-refractivity contribution in [3.63, 3.8) is 0 Å². The zero-order chi connectivity index (χ0) is 13.1. The summed E-state index contributed by atoms with van der Waals surface area (Å²) in [6, 6.07) is 0.761. The molecule has 1 aliphatic heterocycles. The van der Waals surface area contributed by atoms with Gasteiger partial charge in [0.15, 0.2) is 0 Å². The second-order valence-electron chi connectivity index (χ2n) is 6.81. The Morgan fingerprint density at radius 3 is 2.68 bits per heavy atom. The lowest BCUT2D eigenvalue weighted by Crippen LogP contribution is -2.64. The molecular formula is C16H30N2O. The van der Waals surface area contributed by atoms with Gasteiger partial charge in [-0.1, -0.05) is 19.8 Å². The summed E-state index contributed by atoms with van der Waals surface area (Å²) < 4.78 is 5.74. The van der Waals surface area contributed by atoms with E-state index in [2.05, 4.69) is 17.1 Å². The van der Waals surface area contributed by atoms with Crippen LogP contribution in [0.1, 0.15) is 51.9 Å². The second-order valence-corrected chi connectivity index (χ2v) is 6.81. The Morgan fingerprint density at radius 1 is 1.21 bits per heavy atom. The molecule has 0 radical (unpaired) electrons. The molecule has 0 aromatic heterocycles. The average Bonchev–Trinajstić information content (AvgIpc) is 3.17. The summed E-state index contributed by atoms with van der Waals surface area (Å²) in [5.41, 5.74) is 0.473. The van der Waals surface area contributed by atoms with Crippen molar-refractivity contribution in [3.8, 4) is 0 Å². The minimum atomic E-state index is 0.473. The van der Waals surface area contributed by atoms with E-state index in [4.69, 9.17) is 4.74 Å². The summed E-state index contributed by atoms with van der Waals surface area (Å²) in [5.74, 6) is 0.970. The Labute approximate surface area is 118 Å². The third kappa shape index (κ3) is 3.14. The van der Waals surface area contributed by atoms with E-state index in [0.717, 1.165) is 38.1 Å². The van der Waals surface area contributed by atoms with E-state index in [1.165, 1.54) is 51.6 Å². The van der Waals surface area contributed by atoms with Crippen LogP contribution < -0.4 is 5.32 Å². The van der Waals surface area contributed by atoms with Gasteiger partial charge in [0.25, 0.3) is 0 Å². The summed E-state index contributed by atoms with van der Waals surface area (Å²) in [7, 11) is 0. The topological polar surface area (TPSA) is 24.5 Å². The van der Waals surface area contributed by atoms with Crippen LogP contribution in [0.25, 0.3) is 0 Å².